The summed E-state index contributed by atoms with van der Waals surface area (Å²) in [6.45, 7) is 28.4. The molecule has 0 bridgehead atoms. The van der Waals surface area contributed by atoms with Crippen LogP contribution >= 0.6 is 0 Å². The van der Waals surface area contributed by atoms with Crippen molar-refractivity contribution in [1.82, 2.24) is 5.16 Å². The number of carbonyl (C=O) groups excluding carboxylic acids is 5. The molecule has 20 aliphatic carbocycles. The molecule has 21 aliphatic rings. The van der Waals surface area contributed by atoms with E-state index in [1.54, 1.807) is 11.6 Å². The maximum Gasteiger partial charge on any atom is 0.330 e. The number of aliphatic hydroxyl groups excluding tert-OH is 1. The van der Waals surface area contributed by atoms with Crippen molar-refractivity contribution in [3.63, 3.8) is 0 Å². The van der Waals surface area contributed by atoms with Crippen molar-refractivity contribution >= 4 is 35.4 Å². The zero-order valence-electron chi connectivity index (χ0n) is 76.0. The summed E-state index contributed by atoms with van der Waals surface area (Å²) in [6, 6.07) is 0. The van der Waals surface area contributed by atoms with Crippen LogP contribution in [0.25, 0.3) is 6.08 Å². The van der Waals surface area contributed by atoms with E-state index >= 15 is 0 Å². The highest BCUT2D eigenvalue weighted by molar-refractivity contribution is 5.93. The van der Waals surface area contributed by atoms with Crippen LogP contribution in [-0.4, -0.2) is 90.5 Å². The molecule has 0 saturated heterocycles. The summed E-state index contributed by atoms with van der Waals surface area (Å²) in [7, 11) is 0. The smallest absolute Gasteiger partial charge is 0.330 e. The first-order valence-electron chi connectivity index (χ1n) is 49.6. The van der Waals surface area contributed by atoms with Crippen molar-refractivity contribution < 1.29 is 58.4 Å². The van der Waals surface area contributed by atoms with Gasteiger partial charge in [-0.05, 0) is 395 Å². The third-order valence-electron chi connectivity index (χ3n) is 43.6. The molecule has 0 radical (unpaired) electrons. The molecule has 13 heteroatoms. The van der Waals surface area contributed by atoms with Gasteiger partial charge in [0.2, 0.25) is 0 Å². The summed E-state index contributed by atoms with van der Waals surface area (Å²) in [5.74, 6) is 15.7. The Bertz CT molecular complexity index is 4300. The molecule has 13 nitrogen and oxygen atoms in total. The number of allylic oxidation sites excluding steroid dienone is 4. The van der Waals surface area contributed by atoms with E-state index in [4.69, 9.17) is 20.4 Å². The van der Waals surface area contributed by atoms with Crippen LogP contribution < -0.4 is 0 Å². The molecule has 0 aromatic carbocycles. The quantitative estimate of drug-likeness (QED) is 0.163. The fourth-order valence-corrected chi connectivity index (χ4v) is 35.4. The summed E-state index contributed by atoms with van der Waals surface area (Å²) in [5.41, 5.74) is 7.93. The van der Waals surface area contributed by atoms with E-state index in [0.717, 1.165) is 202 Å². The van der Waals surface area contributed by atoms with Crippen LogP contribution in [0.1, 0.15) is 364 Å². The summed E-state index contributed by atoms with van der Waals surface area (Å²) < 4.78 is 17.0. The first kappa shape index (κ1) is 86.0. The predicted octanol–water partition coefficient (Wildman–Crippen LogP) is 22.2. The number of aliphatic hydroxyl groups is 4. The molecule has 30 atom stereocenters. The van der Waals surface area contributed by atoms with Gasteiger partial charge in [0.1, 0.15) is 18.3 Å². The lowest BCUT2D eigenvalue weighted by atomic mass is 9.46. The molecule has 658 valence electrons. The van der Waals surface area contributed by atoms with Gasteiger partial charge in [-0.2, -0.15) is 0 Å². The van der Waals surface area contributed by atoms with Gasteiger partial charge >= 0.3 is 11.9 Å². The van der Waals surface area contributed by atoms with Gasteiger partial charge in [-0.15, -0.1) is 6.42 Å². The molecule has 1 aromatic heterocycles. The number of terminal acetylenes is 1. The standard InChI is InChI=1S/C27H40O3.C22H27NO2.C20H30O2.C19H28O3.C19H28O2/c1-26-15-13-20(28)17-19(26)8-9-21-22-10-11-24(27(22,2)16-14-23(21)26)30-25(29)12-7-18-5-3-4-6-18;1-4-22(24)10-8-18-16-6-5-15-11-19-14(13-23-25-19)12-20(15,2)17(16)7-9-21(18,22)3;1-18-9-6-14(21)12-13(18)4-5-15-16(18)7-10-19(2)17(15)8-11-20(19,3)22;1-17-11-22-16(20)10-12(17)4-5-13-14(17)6-8-18(2)15(13)7-9-19(18,3)21;1-18-9-7-13(20)11-12(18)3-4-14-15-5-6-17(21)19(15,2)10-8-16(14)18/h17-18,21-24H,3-16H2,1-2H3;1,11,13,16-18,24H,5-10,12H2,2-3H3;12,15-17,22H,4-11H2,1-3H3;10,13-15,21H,4-9,11H2,1-3H3;11,14-17,21H,3-10H2,1-2H3. The minimum Gasteiger partial charge on any atom is -0.462 e. The van der Waals surface area contributed by atoms with Crippen molar-refractivity contribution in [3.05, 3.63) is 69.7 Å². The van der Waals surface area contributed by atoms with E-state index in [9.17, 15) is 44.4 Å². The monoisotopic (exact) mass is 1640 g/mol. The molecule has 16 fully saturated rings. The summed E-state index contributed by atoms with van der Waals surface area (Å²) in [4.78, 5) is 59.9. The van der Waals surface area contributed by atoms with E-state index in [-0.39, 0.29) is 78.3 Å². The molecule has 1 aromatic rings. The van der Waals surface area contributed by atoms with Gasteiger partial charge in [-0.25, -0.2) is 4.79 Å². The Kier molecular flexibility index (Phi) is 22.1. The molecule has 4 N–H and O–H groups in total. The van der Waals surface area contributed by atoms with Gasteiger partial charge < -0.3 is 34.4 Å². The number of rotatable bonds is 4. The van der Waals surface area contributed by atoms with Crippen molar-refractivity contribution in [3.8, 4) is 12.3 Å². The second-order valence-corrected chi connectivity index (χ2v) is 47.9. The lowest BCUT2D eigenvalue weighted by Gasteiger charge is -2.58. The third kappa shape index (κ3) is 13.5. The van der Waals surface area contributed by atoms with Crippen molar-refractivity contribution in [1.29, 1.82) is 0 Å². The average Bonchev–Trinajstić information content (AvgIpc) is 1.48. The second kappa shape index (κ2) is 30.8. The maximum atomic E-state index is 12.7. The molecular weight excluding hydrogens is 1490 g/mol. The summed E-state index contributed by atoms with van der Waals surface area (Å²) >= 11 is 0. The number of aromatic nitrogens is 1. The molecular formula is C107H153NO12. The molecule has 0 amide bonds. The topological polar surface area (TPSA) is 211 Å². The van der Waals surface area contributed by atoms with E-state index in [0.29, 0.717) is 89.6 Å². The molecule has 0 spiro atoms. The minimum absolute atomic E-state index is 0.0343. The SMILES string of the molecule is C#CC1(O)CCC2C3CCC4=Cc5oncc5CC4(C)C3CCC21C.CC12CCC(=O)C=C1CCC1C2CCC2(C)C(O)CCC12.CC12CCC(=O)C=C1CCC1C2CCC2(C)C(OC(=O)CCC3CCCC3)CCC12.CC12CCC(=O)C=C1CCC1C2CCC2(C)C1CCC2(C)O.CC12COC(=O)C=C1CCC1C2CCC2(C)C1CCC2(C)O. The number of cyclic esters (lactones) is 1. The second-order valence-electron chi connectivity index (χ2n) is 47.9. The van der Waals surface area contributed by atoms with Crippen LogP contribution in [0.4, 0.5) is 0 Å². The molecule has 1 aliphatic heterocycles. The van der Waals surface area contributed by atoms with Gasteiger partial charge in [0.25, 0.3) is 0 Å². The van der Waals surface area contributed by atoms with Gasteiger partial charge in [0.05, 0.1) is 23.5 Å². The Hall–Kier alpha value is -4.74. The zero-order chi connectivity index (χ0) is 84.7. The first-order valence-corrected chi connectivity index (χ1v) is 49.6. The van der Waals surface area contributed by atoms with Gasteiger partial charge in [-0.1, -0.05) is 134 Å². The number of carbonyl (C=O) groups is 5. The fourth-order valence-electron chi connectivity index (χ4n) is 35.4. The maximum absolute atomic E-state index is 12.7. The molecule has 120 heavy (non-hydrogen) atoms. The Labute approximate surface area is 720 Å². The Morgan fingerprint density at radius 1 is 0.433 bits per heavy atom. The van der Waals surface area contributed by atoms with Crippen LogP contribution in [-0.2, 0) is 39.9 Å². The lowest BCUT2D eigenvalue weighted by Crippen LogP contribution is -2.55. The Morgan fingerprint density at radius 2 is 0.842 bits per heavy atom. The normalized spacial score (nSPS) is 49.9. The first-order chi connectivity index (χ1) is 56.8. The Morgan fingerprint density at radius 3 is 1.35 bits per heavy atom. The molecule has 2 heterocycles. The van der Waals surface area contributed by atoms with Crippen LogP contribution in [0, 0.1) is 161 Å². The van der Waals surface area contributed by atoms with Gasteiger partial charge in [0, 0.05) is 53.6 Å². The van der Waals surface area contributed by atoms with E-state index in [1.165, 1.54) is 137 Å². The molecule has 22 rings (SSSR count). The number of hydrogen-bond donors (Lipinski definition) is 4. The van der Waals surface area contributed by atoms with Gasteiger partial charge in [0.15, 0.2) is 23.1 Å². The third-order valence-corrected chi connectivity index (χ3v) is 43.6. The predicted molar refractivity (Wildman–Crippen MR) is 468 cm³/mol. The van der Waals surface area contributed by atoms with Gasteiger partial charge in [-0.3, -0.25) is 19.2 Å². The highest BCUT2D eigenvalue weighted by Gasteiger charge is 2.68. The lowest BCUT2D eigenvalue weighted by molar-refractivity contribution is -0.160. The number of esters is 2. The molecule has 16 saturated carbocycles. The fraction of sp³-hybridized carbons (Fsp3) is 0.813. The number of hydrogen-bond acceptors (Lipinski definition) is 13. The van der Waals surface area contributed by atoms with Crippen molar-refractivity contribution in [2.75, 3.05) is 6.61 Å². The number of ether oxygens (including phenoxy) is 2. The number of fused-ring (bicyclic) bond motifs is 26. The van der Waals surface area contributed by atoms with Crippen LogP contribution in [0.15, 0.2) is 62.9 Å². The largest absolute Gasteiger partial charge is 0.462 e. The van der Waals surface area contributed by atoms with E-state index in [1.807, 2.05) is 31.3 Å². The highest BCUT2D eigenvalue weighted by Crippen LogP contribution is 2.73. The minimum atomic E-state index is -0.909. The summed E-state index contributed by atoms with van der Waals surface area (Å²) in [5, 5.41) is 47.3. The van der Waals surface area contributed by atoms with Crippen LogP contribution in [0.5, 0.6) is 0 Å². The summed E-state index contributed by atoms with van der Waals surface area (Å²) in [6.07, 6.45) is 64.9. The molecule has 30 unspecified atom stereocenters. The van der Waals surface area contributed by atoms with Crippen molar-refractivity contribution in [2.45, 2.75) is 388 Å². The number of ketones is 3. The zero-order valence-corrected chi connectivity index (χ0v) is 76.0. The van der Waals surface area contributed by atoms with E-state index in [2.05, 4.69) is 93.3 Å². The average molecular weight is 1650 g/mol. The number of nitrogens with zero attached hydrogens (tertiary/aromatic N) is 1. The van der Waals surface area contributed by atoms with Crippen LogP contribution in [0.3, 0.4) is 0 Å². The van der Waals surface area contributed by atoms with E-state index < -0.39 is 16.8 Å². The highest BCUT2D eigenvalue weighted by atomic mass is 16.5. The van der Waals surface area contributed by atoms with Crippen LogP contribution in [0.2, 0.25) is 0 Å². The Balaban J connectivity index is 0.000000104. The van der Waals surface area contributed by atoms with Crippen molar-refractivity contribution in [2.24, 2.45) is 149 Å².